The van der Waals surface area contributed by atoms with Crippen molar-refractivity contribution in [1.82, 2.24) is 19.5 Å². The minimum Gasteiger partial charge on any atom is -0.456 e. The summed E-state index contributed by atoms with van der Waals surface area (Å²) in [6.45, 7) is 4.61. The van der Waals surface area contributed by atoms with Gasteiger partial charge in [-0.25, -0.2) is 15.0 Å². The van der Waals surface area contributed by atoms with E-state index in [4.69, 9.17) is 19.4 Å². The lowest BCUT2D eigenvalue weighted by Gasteiger charge is -2.21. The molecule has 3 heterocycles. The average molecular weight is 757 g/mol. The molecule has 59 heavy (non-hydrogen) atoms. The standard InChI is InChI=1S/C54H36N4O/c1-54(2)44-21-11-9-18-39(44)42-30-34(25-28-45(42)54)51-55-52(35-26-29-47-43(31-35)40-19-10-12-22-46(40)58(47)37-16-7-4-8-17-37)57-53(56-51)36-24-27-41-49(32-36)59-48-23-13-20-38(50(41)48)33-14-5-3-6-15-33/h3-32H,1-2H3. The van der Waals surface area contributed by atoms with Crippen molar-refractivity contribution in [2.45, 2.75) is 19.3 Å². The Bertz CT molecular complexity index is 3470. The van der Waals surface area contributed by atoms with Gasteiger partial charge in [0.05, 0.1) is 11.0 Å². The van der Waals surface area contributed by atoms with Gasteiger partial charge in [-0.1, -0.05) is 135 Å². The summed E-state index contributed by atoms with van der Waals surface area (Å²) in [5.41, 5.74) is 15.1. The van der Waals surface area contributed by atoms with Crippen LogP contribution in [0.5, 0.6) is 0 Å². The van der Waals surface area contributed by atoms with Crippen LogP contribution in [-0.2, 0) is 5.41 Å². The number of benzene rings is 8. The number of para-hydroxylation sites is 2. The van der Waals surface area contributed by atoms with Crippen LogP contribution in [0.25, 0.3) is 106 Å². The summed E-state index contributed by atoms with van der Waals surface area (Å²) >= 11 is 0. The van der Waals surface area contributed by atoms with E-state index in [2.05, 4.69) is 188 Å². The van der Waals surface area contributed by atoms with Gasteiger partial charge < -0.3 is 8.98 Å². The highest BCUT2D eigenvalue weighted by atomic mass is 16.3. The predicted octanol–water partition coefficient (Wildman–Crippen LogP) is 13.8. The molecule has 0 N–H and O–H groups in total. The quantitative estimate of drug-likeness (QED) is 0.175. The Morgan fingerprint density at radius 1 is 0.407 bits per heavy atom. The van der Waals surface area contributed by atoms with Gasteiger partial charge in [0.15, 0.2) is 17.5 Å². The summed E-state index contributed by atoms with van der Waals surface area (Å²) in [5, 5.41) is 4.46. The van der Waals surface area contributed by atoms with E-state index in [-0.39, 0.29) is 5.41 Å². The maximum atomic E-state index is 6.56. The lowest BCUT2D eigenvalue weighted by Crippen LogP contribution is -2.14. The van der Waals surface area contributed by atoms with Gasteiger partial charge in [0.1, 0.15) is 11.2 Å². The molecule has 0 spiro atoms. The van der Waals surface area contributed by atoms with Crippen LogP contribution >= 0.6 is 0 Å². The fraction of sp³-hybridized carbons (Fsp3) is 0.0556. The first-order valence-electron chi connectivity index (χ1n) is 20.1. The Balaban J connectivity index is 1.06. The van der Waals surface area contributed by atoms with Gasteiger partial charge in [0.25, 0.3) is 0 Å². The Morgan fingerprint density at radius 3 is 1.83 bits per heavy atom. The van der Waals surface area contributed by atoms with E-state index in [0.717, 1.165) is 71.9 Å². The summed E-state index contributed by atoms with van der Waals surface area (Å²) in [4.78, 5) is 15.7. The third kappa shape index (κ3) is 5.14. The molecule has 0 amide bonds. The van der Waals surface area contributed by atoms with Crippen molar-refractivity contribution in [3.63, 3.8) is 0 Å². The van der Waals surface area contributed by atoms with Gasteiger partial charge in [-0.05, 0) is 94.0 Å². The van der Waals surface area contributed by atoms with Gasteiger partial charge in [-0.2, -0.15) is 0 Å². The van der Waals surface area contributed by atoms with E-state index in [9.17, 15) is 0 Å². The molecule has 0 saturated carbocycles. The zero-order valence-corrected chi connectivity index (χ0v) is 32.5. The highest BCUT2D eigenvalue weighted by Crippen LogP contribution is 2.49. The SMILES string of the molecule is CC1(C)c2ccccc2-c2cc(-c3nc(-c4ccc5c(c4)oc4cccc(-c6ccccc6)c45)nc(-c4ccc5c(c4)c4ccccc4n5-c4ccccc4)n3)ccc21. The van der Waals surface area contributed by atoms with E-state index in [0.29, 0.717) is 17.5 Å². The summed E-state index contributed by atoms with van der Waals surface area (Å²) in [5.74, 6) is 1.82. The molecule has 5 nitrogen and oxygen atoms in total. The molecule has 0 bridgehead atoms. The van der Waals surface area contributed by atoms with Crippen molar-refractivity contribution in [2.24, 2.45) is 0 Å². The van der Waals surface area contributed by atoms with Crippen LogP contribution in [0.1, 0.15) is 25.0 Å². The van der Waals surface area contributed by atoms with Crippen LogP contribution in [0.4, 0.5) is 0 Å². The van der Waals surface area contributed by atoms with E-state index in [1.165, 1.54) is 27.6 Å². The minimum atomic E-state index is -0.101. The zero-order chi connectivity index (χ0) is 39.2. The van der Waals surface area contributed by atoms with Crippen LogP contribution in [0.15, 0.2) is 186 Å². The number of hydrogen-bond acceptors (Lipinski definition) is 4. The van der Waals surface area contributed by atoms with Crippen LogP contribution < -0.4 is 0 Å². The fourth-order valence-electron chi connectivity index (χ4n) is 9.41. The zero-order valence-electron chi connectivity index (χ0n) is 32.5. The van der Waals surface area contributed by atoms with Gasteiger partial charge in [0, 0.05) is 49.3 Å². The lowest BCUT2D eigenvalue weighted by molar-refractivity contribution is 0.660. The monoisotopic (exact) mass is 756 g/mol. The largest absolute Gasteiger partial charge is 0.456 e. The van der Waals surface area contributed by atoms with Crippen molar-refractivity contribution in [3.05, 3.63) is 193 Å². The minimum absolute atomic E-state index is 0.101. The molecular weight excluding hydrogens is 721 g/mol. The molecule has 0 unspecified atom stereocenters. The van der Waals surface area contributed by atoms with E-state index in [1.54, 1.807) is 0 Å². The molecule has 12 rings (SSSR count). The summed E-state index contributed by atoms with van der Waals surface area (Å²) in [7, 11) is 0. The van der Waals surface area contributed by atoms with Gasteiger partial charge in [0.2, 0.25) is 0 Å². The highest BCUT2D eigenvalue weighted by Gasteiger charge is 2.35. The fourth-order valence-corrected chi connectivity index (χ4v) is 9.41. The normalized spacial score (nSPS) is 13.1. The summed E-state index contributed by atoms with van der Waals surface area (Å²) < 4.78 is 8.89. The third-order valence-electron chi connectivity index (χ3n) is 12.3. The van der Waals surface area contributed by atoms with Gasteiger partial charge >= 0.3 is 0 Å². The first-order valence-corrected chi connectivity index (χ1v) is 20.1. The first-order chi connectivity index (χ1) is 29.0. The molecule has 0 aliphatic heterocycles. The second-order valence-corrected chi connectivity index (χ2v) is 16.0. The van der Waals surface area contributed by atoms with Crippen LogP contribution in [0.2, 0.25) is 0 Å². The molecule has 0 radical (unpaired) electrons. The van der Waals surface area contributed by atoms with Gasteiger partial charge in [-0.15, -0.1) is 0 Å². The smallest absolute Gasteiger partial charge is 0.164 e. The summed E-state index contributed by atoms with van der Waals surface area (Å²) in [6, 6.07) is 64.2. The predicted molar refractivity (Wildman–Crippen MR) is 241 cm³/mol. The Morgan fingerprint density at radius 2 is 1.02 bits per heavy atom. The number of fused-ring (bicyclic) bond motifs is 9. The number of hydrogen-bond donors (Lipinski definition) is 0. The molecule has 11 aromatic rings. The molecule has 0 atom stereocenters. The maximum Gasteiger partial charge on any atom is 0.164 e. The van der Waals surface area contributed by atoms with Crippen LogP contribution in [0, 0.1) is 0 Å². The highest BCUT2D eigenvalue weighted by molar-refractivity contribution is 6.13. The Labute approximate surface area is 340 Å². The van der Waals surface area contributed by atoms with E-state index in [1.807, 2.05) is 12.1 Å². The van der Waals surface area contributed by atoms with Crippen LogP contribution in [-0.4, -0.2) is 19.5 Å². The van der Waals surface area contributed by atoms with Crippen molar-refractivity contribution >= 4 is 43.7 Å². The summed E-state index contributed by atoms with van der Waals surface area (Å²) in [6.07, 6.45) is 0. The average Bonchev–Trinajstić information content (AvgIpc) is 3.91. The molecule has 0 saturated heterocycles. The topological polar surface area (TPSA) is 56.7 Å². The molecule has 278 valence electrons. The molecule has 1 aliphatic carbocycles. The second-order valence-electron chi connectivity index (χ2n) is 16.0. The molecular formula is C54H36N4O. The number of furan rings is 1. The molecule has 3 aromatic heterocycles. The lowest BCUT2D eigenvalue weighted by atomic mass is 9.82. The van der Waals surface area contributed by atoms with Crippen molar-refractivity contribution in [2.75, 3.05) is 0 Å². The second kappa shape index (κ2) is 12.7. The van der Waals surface area contributed by atoms with E-state index < -0.39 is 0 Å². The molecule has 0 fully saturated rings. The van der Waals surface area contributed by atoms with Crippen LogP contribution in [0.3, 0.4) is 0 Å². The number of nitrogens with zero attached hydrogens (tertiary/aromatic N) is 4. The van der Waals surface area contributed by atoms with Gasteiger partial charge in [-0.3, -0.25) is 0 Å². The van der Waals surface area contributed by atoms with E-state index >= 15 is 0 Å². The first kappa shape index (κ1) is 33.5. The molecule has 5 heteroatoms. The third-order valence-corrected chi connectivity index (χ3v) is 12.3. The Kier molecular flexibility index (Phi) is 7.20. The van der Waals surface area contributed by atoms with Crippen molar-refractivity contribution in [3.8, 4) is 62.1 Å². The van der Waals surface area contributed by atoms with Crippen molar-refractivity contribution < 1.29 is 4.42 Å². The molecule has 8 aromatic carbocycles. The maximum absolute atomic E-state index is 6.56. The Hall–Kier alpha value is -7.63. The number of aromatic nitrogens is 4. The molecule has 1 aliphatic rings. The van der Waals surface area contributed by atoms with Crippen molar-refractivity contribution in [1.29, 1.82) is 0 Å². The number of rotatable bonds is 5.